The van der Waals surface area contributed by atoms with Crippen LogP contribution in [0.25, 0.3) is 55.3 Å². The maximum absolute atomic E-state index is 2.49. The molecule has 9 aromatic carbocycles. The first kappa shape index (κ1) is 34.9. The highest BCUT2D eigenvalue weighted by molar-refractivity contribution is 6.06. The fourth-order valence-electron chi connectivity index (χ4n) is 12.5. The number of benzene rings is 9. The standard InChI is InChI=1S/C60H45N/c1-2-12-41(13-3-1)48-19-10-14-43-15-11-20-49(58(43)48)42-24-28-45(29-25-42)61(46-30-26-44(27-31-46)59-36-34-40(39-59)35-37-59)47-32-33-57-53(38-47)52-18-6-9-23-56(52)60(57)54-21-7-4-16-50(54)51-17-5-8-22-55(51)60/h1-33,38,40H,34-37,39H2. The van der Waals surface area contributed by atoms with Crippen LogP contribution in [0.5, 0.6) is 0 Å². The average Bonchev–Trinajstić information content (AvgIpc) is 4.10. The van der Waals surface area contributed by atoms with Crippen LogP contribution in [-0.4, -0.2) is 0 Å². The predicted molar refractivity (Wildman–Crippen MR) is 254 cm³/mol. The highest BCUT2D eigenvalue weighted by Crippen LogP contribution is 2.63. The van der Waals surface area contributed by atoms with Crippen LogP contribution in [0.1, 0.15) is 59.9 Å². The Morgan fingerprint density at radius 3 is 1.43 bits per heavy atom. The Bertz CT molecular complexity index is 3110. The van der Waals surface area contributed by atoms with Gasteiger partial charge in [-0.15, -0.1) is 0 Å². The van der Waals surface area contributed by atoms with Gasteiger partial charge in [0.1, 0.15) is 0 Å². The van der Waals surface area contributed by atoms with Gasteiger partial charge in [0.05, 0.1) is 5.41 Å². The summed E-state index contributed by atoms with van der Waals surface area (Å²) in [4.78, 5) is 2.49. The molecule has 9 aromatic rings. The molecule has 1 heteroatoms. The van der Waals surface area contributed by atoms with E-state index in [2.05, 4.69) is 211 Å². The Balaban J connectivity index is 0.974. The van der Waals surface area contributed by atoms with E-state index in [1.54, 1.807) is 0 Å². The fraction of sp³-hybridized carbons (Fsp3) is 0.133. The predicted octanol–water partition coefficient (Wildman–Crippen LogP) is 15.8. The van der Waals surface area contributed by atoms with E-state index in [9.17, 15) is 0 Å². The second-order valence-electron chi connectivity index (χ2n) is 18.0. The molecule has 0 saturated heterocycles. The quantitative estimate of drug-likeness (QED) is 0.162. The van der Waals surface area contributed by atoms with Gasteiger partial charge in [-0.25, -0.2) is 0 Å². The molecule has 0 aromatic heterocycles. The number of nitrogens with zero attached hydrogens (tertiary/aromatic N) is 1. The van der Waals surface area contributed by atoms with Gasteiger partial charge >= 0.3 is 0 Å². The van der Waals surface area contributed by atoms with Gasteiger partial charge in [-0.3, -0.25) is 0 Å². The van der Waals surface area contributed by atoms with Crippen molar-refractivity contribution in [2.75, 3.05) is 4.90 Å². The minimum atomic E-state index is -0.359. The molecule has 61 heavy (non-hydrogen) atoms. The van der Waals surface area contributed by atoms with Crippen molar-refractivity contribution in [2.45, 2.75) is 42.9 Å². The molecule has 4 aliphatic rings. The van der Waals surface area contributed by atoms with Crippen LogP contribution in [0.4, 0.5) is 17.1 Å². The minimum absolute atomic E-state index is 0.359. The molecule has 0 aliphatic heterocycles. The Hall–Kier alpha value is -6.96. The summed E-state index contributed by atoms with van der Waals surface area (Å²) in [6.07, 6.45) is 6.80. The summed E-state index contributed by atoms with van der Waals surface area (Å²) in [5.41, 5.74) is 20.8. The van der Waals surface area contributed by atoms with Gasteiger partial charge in [-0.1, -0.05) is 170 Å². The molecule has 1 nitrogen and oxygen atoms in total. The van der Waals surface area contributed by atoms with E-state index in [0.717, 1.165) is 11.6 Å². The zero-order chi connectivity index (χ0) is 40.1. The topological polar surface area (TPSA) is 3.24 Å². The van der Waals surface area contributed by atoms with Gasteiger partial charge in [0.25, 0.3) is 0 Å². The maximum Gasteiger partial charge on any atom is 0.0725 e. The minimum Gasteiger partial charge on any atom is -0.310 e. The Morgan fingerprint density at radius 2 is 0.852 bits per heavy atom. The second-order valence-corrected chi connectivity index (χ2v) is 18.0. The first-order valence-corrected chi connectivity index (χ1v) is 22.2. The third-order valence-electron chi connectivity index (χ3n) is 15.1. The zero-order valence-electron chi connectivity index (χ0n) is 34.2. The number of hydrogen-bond acceptors (Lipinski definition) is 1. The lowest BCUT2D eigenvalue weighted by Gasteiger charge is -2.31. The molecule has 290 valence electrons. The third-order valence-corrected chi connectivity index (χ3v) is 15.1. The molecule has 1 spiro atoms. The maximum atomic E-state index is 2.49. The first-order valence-electron chi connectivity index (χ1n) is 22.2. The van der Waals surface area contributed by atoms with Crippen LogP contribution in [0.15, 0.2) is 206 Å². The lowest BCUT2D eigenvalue weighted by Crippen LogP contribution is -2.25. The molecule has 0 amide bonds. The molecule has 2 saturated carbocycles. The van der Waals surface area contributed by atoms with Gasteiger partial charge in [0, 0.05) is 17.1 Å². The highest BCUT2D eigenvalue weighted by Gasteiger charge is 2.51. The van der Waals surface area contributed by atoms with Crippen molar-refractivity contribution in [3.63, 3.8) is 0 Å². The molecule has 0 radical (unpaired) electrons. The van der Waals surface area contributed by atoms with Crippen molar-refractivity contribution in [1.29, 1.82) is 0 Å². The summed E-state index contributed by atoms with van der Waals surface area (Å²) in [6, 6.07) is 77.8. The van der Waals surface area contributed by atoms with Gasteiger partial charge in [0.2, 0.25) is 0 Å². The van der Waals surface area contributed by atoms with Crippen molar-refractivity contribution in [3.05, 3.63) is 234 Å². The largest absolute Gasteiger partial charge is 0.310 e. The van der Waals surface area contributed by atoms with Crippen LogP contribution < -0.4 is 4.90 Å². The summed E-state index contributed by atoms with van der Waals surface area (Å²) in [5.74, 6) is 0.913. The summed E-state index contributed by atoms with van der Waals surface area (Å²) in [6.45, 7) is 0. The molecule has 0 atom stereocenters. The third kappa shape index (κ3) is 5.01. The lowest BCUT2D eigenvalue weighted by molar-refractivity contribution is 0.419. The summed E-state index contributed by atoms with van der Waals surface area (Å²) in [7, 11) is 0. The van der Waals surface area contributed by atoms with Gasteiger partial charge < -0.3 is 4.90 Å². The number of rotatable bonds is 6. The van der Waals surface area contributed by atoms with Crippen molar-refractivity contribution < 1.29 is 0 Å². The van der Waals surface area contributed by atoms with Crippen molar-refractivity contribution in [1.82, 2.24) is 0 Å². The van der Waals surface area contributed by atoms with Crippen molar-refractivity contribution >= 4 is 27.8 Å². The summed E-state index contributed by atoms with van der Waals surface area (Å²) < 4.78 is 0. The fourth-order valence-corrected chi connectivity index (χ4v) is 12.5. The molecular weight excluding hydrogens is 735 g/mol. The summed E-state index contributed by atoms with van der Waals surface area (Å²) >= 11 is 0. The first-order chi connectivity index (χ1) is 30.2. The molecular formula is C60H45N. The van der Waals surface area contributed by atoms with Crippen LogP contribution in [0.2, 0.25) is 0 Å². The van der Waals surface area contributed by atoms with E-state index >= 15 is 0 Å². The highest BCUT2D eigenvalue weighted by atomic mass is 15.1. The molecule has 0 heterocycles. The van der Waals surface area contributed by atoms with Gasteiger partial charge in [-0.2, -0.15) is 0 Å². The van der Waals surface area contributed by atoms with E-state index in [1.165, 1.54) is 127 Å². The number of hydrogen-bond donors (Lipinski definition) is 0. The van der Waals surface area contributed by atoms with E-state index in [4.69, 9.17) is 0 Å². The van der Waals surface area contributed by atoms with Crippen LogP contribution >= 0.6 is 0 Å². The molecule has 4 aliphatic carbocycles. The lowest BCUT2D eigenvalue weighted by atomic mass is 9.70. The Morgan fingerprint density at radius 1 is 0.377 bits per heavy atom. The van der Waals surface area contributed by atoms with Gasteiger partial charge in [0.15, 0.2) is 0 Å². The smallest absolute Gasteiger partial charge is 0.0725 e. The normalized spacial score (nSPS) is 18.5. The monoisotopic (exact) mass is 779 g/mol. The van der Waals surface area contributed by atoms with E-state index in [1.807, 2.05) is 0 Å². The van der Waals surface area contributed by atoms with Crippen LogP contribution in [0, 0.1) is 5.92 Å². The second kappa shape index (κ2) is 13.3. The Labute approximate surface area is 358 Å². The van der Waals surface area contributed by atoms with Gasteiger partial charge in [-0.05, 0) is 163 Å². The molecule has 2 bridgehead atoms. The van der Waals surface area contributed by atoms with E-state index in [-0.39, 0.29) is 5.41 Å². The van der Waals surface area contributed by atoms with Crippen molar-refractivity contribution in [2.24, 2.45) is 5.92 Å². The summed E-state index contributed by atoms with van der Waals surface area (Å²) in [5, 5.41) is 2.54. The molecule has 13 rings (SSSR count). The van der Waals surface area contributed by atoms with Crippen LogP contribution in [0.3, 0.4) is 0 Å². The van der Waals surface area contributed by atoms with E-state index < -0.39 is 0 Å². The number of anilines is 3. The molecule has 0 N–H and O–H groups in total. The SMILES string of the molecule is c1ccc(-c2cccc3cccc(-c4ccc(N(c5ccc(C67CCC(CC6)C7)cc5)c5ccc6c(c5)-c5ccccc5C65c6ccccc6-c6ccccc65)cc4)c23)cc1. The zero-order valence-corrected chi connectivity index (χ0v) is 34.2. The number of fused-ring (bicyclic) bond motifs is 13. The molecule has 2 fully saturated rings. The van der Waals surface area contributed by atoms with E-state index in [0.29, 0.717) is 5.41 Å². The van der Waals surface area contributed by atoms with Crippen molar-refractivity contribution in [3.8, 4) is 44.5 Å². The Kier molecular flexibility index (Phi) is 7.58. The average molecular weight is 780 g/mol. The molecule has 0 unspecified atom stereocenters. The van der Waals surface area contributed by atoms with Crippen LogP contribution in [-0.2, 0) is 10.8 Å².